The second-order valence-electron chi connectivity index (χ2n) is 3.62. The molecular formula is C10H13ClN2O4S. The molecule has 18 heavy (non-hydrogen) atoms. The lowest BCUT2D eigenvalue weighted by Gasteiger charge is -2.06. The molecule has 0 aliphatic heterocycles. The van der Waals surface area contributed by atoms with Crippen molar-refractivity contribution in [3.63, 3.8) is 0 Å². The van der Waals surface area contributed by atoms with Gasteiger partial charge in [-0.05, 0) is 18.6 Å². The molecule has 8 heteroatoms. The number of nitrogens with one attached hydrogen (secondary N) is 1. The molecule has 0 saturated heterocycles. The zero-order valence-electron chi connectivity index (χ0n) is 9.72. The van der Waals surface area contributed by atoms with Gasteiger partial charge in [-0.2, -0.15) is 0 Å². The Morgan fingerprint density at radius 2 is 2.11 bits per heavy atom. The molecule has 0 heterocycles. The number of nitro groups is 1. The Hall–Kier alpha value is -1.18. The van der Waals surface area contributed by atoms with E-state index in [1.165, 1.54) is 12.1 Å². The number of hydrogen-bond acceptors (Lipinski definition) is 4. The highest BCUT2D eigenvalue weighted by molar-refractivity contribution is 7.89. The number of benzene rings is 1. The average molecular weight is 293 g/mol. The fourth-order valence-corrected chi connectivity index (χ4v) is 2.55. The molecule has 0 radical (unpaired) electrons. The fourth-order valence-electron chi connectivity index (χ4n) is 1.27. The molecule has 0 aliphatic rings. The minimum atomic E-state index is -3.72. The van der Waals surface area contributed by atoms with Crippen molar-refractivity contribution in [3.05, 3.63) is 33.3 Å². The lowest BCUT2D eigenvalue weighted by Crippen LogP contribution is -2.24. The maximum absolute atomic E-state index is 11.8. The van der Waals surface area contributed by atoms with Gasteiger partial charge in [0.15, 0.2) is 0 Å². The van der Waals surface area contributed by atoms with Gasteiger partial charge in [-0.1, -0.05) is 24.9 Å². The Morgan fingerprint density at radius 3 is 2.67 bits per heavy atom. The van der Waals surface area contributed by atoms with E-state index in [0.29, 0.717) is 13.0 Å². The van der Waals surface area contributed by atoms with Gasteiger partial charge in [-0.25, -0.2) is 13.1 Å². The molecule has 0 saturated carbocycles. The third kappa shape index (κ3) is 3.66. The number of nitrogens with zero attached hydrogens (tertiary/aromatic N) is 1. The number of sulfonamides is 1. The molecule has 0 spiro atoms. The van der Waals surface area contributed by atoms with Crippen molar-refractivity contribution < 1.29 is 13.3 Å². The second kappa shape index (κ2) is 6.12. The zero-order chi connectivity index (χ0) is 13.8. The van der Waals surface area contributed by atoms with E-state index in [2.05, 4.69) is 4.72 Å². The smallest absolute Gasteiger partial charge is 0.258 e. The van der Waals surface area contributed by atoms with Gasteiger partial charge in [0.2, 0.25) is 10.0 Å². The predicted molar refractivity (Wildman–Crippen MR) is 68.2 cm³/mol. The van der Waals surface area contributed by atoms with Crippen LogP contribution in [-0.4, -0.2) is 19.9 Å². The van der Waals surface area contributed by atoms with Gasteiger partial charge in [0.1, 0.15) is 5.02 Å². The molecule has 1 aromatic carbocycles. The summed E-state index contributed by atoms with van der Waals surface area (Å²) in [5, 5.41) is 10.6. The number of unbranched alkanes of at least 4 members (excludes halogenated alkanes) is 1. The lowest BCUT2D eigenvalue weighted by atomic mass is 10.3. The SMILES string of the molecule is CCCCNS(=O)(=O)c1ccc(Cl)c([N+](=O)[O-])c1. The highest BCUT2D eigenvalue weighted by Gasteiger charge is 2.19. The molecule has 1 N–H and O–H groups in total. The van der Waals surface area contributed by atoms with Crippen LogP contribution in [0, 0.1) is 10.1 Å². The second-order valence-corrected chi connectivity index (χ2v) is 5.80. The first kappa shape index (κ1) is 14.9. The van der Waals surface area contributed by atoms with Crippen LogP contribution in [0.1, 0.15) is 19.8 Å². The number of hydrogen-bond donors (Lipinski definition) is 1. The highest BCUT2D eigenvalue weighted by Crippen LogP contribution is 2.26. The van der Waals surface area contributed by atoms with Crippen molar-refractivity contribution in [2.45, 2.75) is 24.7 Å². The van der Waals surface area contributed by atoms with Crippen molar-refractivity contribution in [1.29, 1.82) is 0 Å². The van der Waals surface area contributed by atoms with Gasteiger partial charge in [-0.3, -0.25) is 10.1 Å². The van der Waals surface area contributed by atoms with Crippen LogP contribution in [0.2, 0.25) is 5.02 Å². The van der Waals surface area contributed by atoms with Crippen LogP contribution in [0.5, 0.6) is 0 Å². The molecule has 6 nitrogen and oxygen atoms in total. The quantitative estimate of drug-likeness (QED) is 0.495. The molecule has 0 aliphatic carbocycles. The highest BCUT2D eigenvalue weighted by atomic mass is 35.5. The molecule has 100 valence electrons. The first-order chi connectivity index (χ1) is 8.38. The number of halogens is 1. The van der Waals surface area contributed by atoms with Crippen LogP contribution in [-0.2, 0) is 10.0 Å². The van der Waals surface area contributed by atoms with Crippen molar-refractivity contribution in [1.82, 2.24) is 4.72 Å². The summed E-state index contributed by atoms with van der Waals surface area (Å²) in [6.07, 6.45) is 1.55. The molecule has 0 fully saturated rings. The molecule has 0 atom stereocenters. The summed E-state index contributed by atoms with van der Waals surface area (Å²) in [6.45, 7) is 2.23. The molecule has 0 amide bonds. The van der Waals surface area contributed by atoms with E-state index < -0.39 is 20.6 Å². The van der Waals surface area contributed by atoms with Gasteiger partial charge >= 0.3 is 0 Å². The van der Waals surface area contributed by atoms with Crippen LogP contribution in [0.25, 0.3) is 0 Å². The van der Waals surface area contributed by atoms with Crippen LogP contribution < -0.4 is 4.72 Å². The maximum Gasteiger partial charge on any atom is 0.289 e. The van der Waals surface area contributed by atoms with Crippen molar-refractivity contribution in [3.8, 4) is 0 Å². The van der Waals surface area contributed by atoms with E-state index >= 15 is 0 Å². The third-order valence-electron chi connectivity index (χ3n) is 2.25. The first-order valence-electron chi connectivity index (χ1n) is 5.32. The van der Waals surface area contributed by atoms with Crippen LogP contribution in [0.3, 0.4) is 0 Å². The monoisotopic (exact) mass is 292 g/mol. The Balaban J connectivity index is 3.02. The van der Waals surface area contributed by atoms with Gasteiger partial charge < -0.3 is 0 Å². The molecule has 0 bridgehead atoms. The largest absolute Gasteiger partial charge is 0.289 e. The summed E-state index contributed by atoms with van der Waals surface area (Å²) in [5.41, 5.74) is -0.421. The molecule has 1 aromatic rings. The Morgan fingerprint density at radius 1 is 1.44 bits per heavy atom. The summed E-state index contributed by atoms with van der Waals surface area (Å²) in [5.74, 6) is 0. The van der Waals surface area contributed by atoms with E-state index in [9.17, 15) is 18.5 Å². The molecular weight excluding hydrogens is 280 g/mol. The van der Waals surface area contributed by atoms with Crippen LogP contribution in [0.4, 0.5) is 5.69 Å². The molecule has 0 unspecified atom stereocenters. The third-order valence-corrected chi connectivity index (χ3v) is 4.03. The van der Waals surface area contributed by atoms with Crippen molar-refractivity contribution in [2.75, 3.05) is 6.54 Å². The minimum absolute atomic E-state index is 0.0903. The van der Waals surface area contributed by atoms with Gasteiger partial charge in [0.25, 0.3) is 5.69 Å². The average Bonchev–Trinajstić information content (AvgIpc) is 2.29. The normalized spacial score (nSPS) is 11.4. The van der Waals surface area contributed by atoms with Gasteiger partial charge in [0.05, 0.1) is 9.82 Å². The predicted octanol–water partition coefficient (Wildman–Crippen LogP) is 2.33. The standard InChI is InChI=1S/C10H13ClN2O4S/c1-2-3-6-12-18(16,17)8-4-5-9(11)10(7-8)13(14)15/h4-5,7,12H,2-3,6H2,1H3. The lowest BCUT2D eigenvalue weighted by molar-refractivity contribution is -0.384. The summed E-state index contributed by atoms with van der Waals surface area (Å²) >= 11 is 5.61. The van der Waals surface area contributed by atoms with Crippen LogP contribution >= 0.6 is 11.6 Å². The molecule has 0 aromatic heterocycles. The zero-order valence-corrected chi connectivity index (χ0v) is 11.3. The summed E-state index contributed by atoms with van der Waals surface area (Å²) in [7, 11) is -3.72. The van der Waals surface area contributed by atoms with Gasteiger partial charge in [-0.15, -0.1) is 0 Å². The number of nitro benzene ring substituents is 1. The maximum atomic E-state index is 11.8. The summed E-state index contributed by atoms with van der Waals surface area (Å²) < 4.78 is 26.0. The number of rotatable bonds is 6. The van der Waals surface area contributed by atoms with E-state index in [1.54, 1.807) is 0 Å². The van der Waals surface area contributed by atoms with E-state index in [-0.39, 0.29) is 9.92 Å². The Bertz CT molecular complexity index is 545. The molecule has 1 rings (SSSR count). The first-order valence-corrected chi connectivity index (χ1v) is 7.18. The summed E-state index contributed by atoms with van der Waals surface area (Å²) in [4.78, 5) is 9.79. The topological polar surface area (TPSA) is 89.3 Å². The summed E-state index contributed by atoms with van der Waals surface area (Å²) in [6, 6.07) is 3.40. The van der Waals surface area contributed by atoms with Gasteiger partial charge in [0, 0.05) is 12.6 Å². The Labute approximate surface area is 110 Å². The van der Waals surface area contributed by atoms with E-state index in [1.807, 2.05) is 6.92 Å². The Kier molecular flexibility index (Phi) is 5.06. The fraction of sp³-hybridized carbons (Fsp3) is 0.400. The van der Waals surface area contributed by atoms with E-state index in [0.717, 1.165) is 12.5 Å². The van der Waals surface area contributed by atoms with Crippen molar-refractivity contribution in [2.24, 2.45) is 0 Å². The van der Waals surface area contributed by atoms with Crippen molar-refractivity contribution >= 4 is 27.3 Å². The van der Waals surface area contributed by atoms with Crippen LogP contribution in [0.15, 0.2) is 23.1 Å². The minimum Gasteiger partial charge on any atom is -0.258 e. The van der Waals surface area contributed by atoms with E-state index in [4.69, 9.17) is 11.6 Å².